The summed E-state index contributed by atoms with van der Waals surface area (Å²) in [6.45, 7) is 3.62. The second kappa shape index (κ2) is 5.30. The number of benzene rings is 1. The Balaban J connectivity index is 2.09. The first-order valence-electron chi connectivity index (χ1n) is 6.26. The maximum absolute atomic E-state index is 11.9. The van der Waals surface area contributed by atoms with E-state index in [1.54, 1.807) is 18.7 Å². The summed E-state index contributed by atoms with van der Waals surface area (Å²) in [5.74, 6) is -0.0531. The van der Waals surface area contributed by atoms with Crippen LogP contribution in [0.1, 0.15) is 20.3 Å². The molecule has 1 fully saturated rings. The van der Waals surface area contributed by atoms with E-state index in [1.165, 1.54) is 0 Å². The van der Waals surface area contributed by atoms with Crippen molar-refractivity contribution in [3.8, 4) is 0 Å². The van der Waals surface area contributed by atoms with E-state index in [0.29, 0.717) is 6.54 Å². The van der Waals surface area contributed by atoms with Gasteiger partial charge in [0, 0.05) is 24.7 Å². The Kier molecular flexibility index (Phi) is 3.91. The first kappa shape index (κ1) is 14.0. The monoisotopic (exact) mass is 282 g/mol. The van der Waals surface area contributed by atoms with Crippen molar-refractivity contribution in [2.45, 2.75) is 31.6 Å². The fourth-order valence-electron chi connectivity index (χ4n) is 2.01. The summed E-state index contributed by atoms with van der Waals surface area (Å²) in [5, 5.41) is -0.492. The maximum Gasteiger partial charge on any atom is 0.228 e. The van der Waals surface area contributed by atoms with Crippen molar-refractivity contribution in [1.82, 2.24) is 4.72 Å². The lowest BCUT2D eigenvalue weighted by molar-refractivity contribution is -0.117. The van der Waals surface area contributed by atoms with Crippen molar-refractivity contribution in [1.29, 1.82) is 0 Å². The van der Waals surface area contributed by atoms with E-state index in [2.05, 4.69) is 4.72 Å². The Hall–Kier alpha value is -1.40. The molecule has 0 radical (unpaired) electrons. The fourth-order valence-corrected chi connectivity index (χ4v) is 2.91. The first-order valence-corrected chi connectivity index (χ1v) is 7.81. The second-order valence-electron chi connectivity index (χ2n) is 4.95. The summed E-state index contributed by atoms with van der Waals surface area (Å²) in [6.07, 6.45) is 0.209. The van der Waals surface area contributed by atoms with Crippen LogP contribution in [0.4, 0.5) is 5.69 Å². The van der Waals surface area contributed by atoms with E-state index in [4.69, 9.17) is 0 Å². The number of nitrogens with zero attached hydrogens (tertiary/aromatic N) is 1. The molecule has 1 N–H and O–H groups in total. The molecule has 0 spiro atoms. The molecule has 1 heterocycles. The molecule has 1 atom stereocenters. The number of sulfonamides is 1. The molecule has 1 aromatic carbocycles. The minimum Gasteiger partial charge on any atom is -0.311 e. The predicted octanol–water partition coefficient (Wildman–Crippen LogP) is 1.12. The van der Waals surface area contributed by atoms with Gasteiger partial charge in [0.1, 0.15) is 0 Å². The minimum absolute atomic E-state index is 0.0531. The van der Waals surface area contributed by atoms with Crippen LogP contribution < -0.4 is 9.62 Å². The highest BCUT2D eigenvalue weighted by Gasteiger charge is 2.33. The predicted molar refractivity (Wildman–Crippen MR) is 74.4 cm³/mol. The van der Waals surface area contributed by atoms with E-state index in [0.717, 1.165) is 5.69 Å². The van der Waals surface area contributed by atoms with Crippen LogP contribution in [0.15, 0.2) is 30.3 Å². The quantitative estimate of drug-likeness (QED) is 0.900. The third-order valence-corrected chi connectivity index (χ3v) is 5.05. The lowest BCUT2D eigenvalue weighted by atomic mass is 10.3. The van der Waals surface area contributed by atoms with Crippen molar-refractivity contribution in [2.24, 2.45) is 0 Å². The summed E-state index contributed by atoms with van der Waals surface area (Å²) in [4.78, 5) is 13.6. The van der Waals surface area contributed by atoms with Gasteiger partial charge in [0.25, 0.3) is 0 Å². The van der Waals surface area contributed by atoms with Gasteiger partial charge in [-0.3, -0.25) is 4.79 Å². The fraction of sp³-hybridized carbons (Fsp3) is 0.462. The molecule has 2 rings (SSSR count). The third-order valence-electron chi connectivity index (χ3n) is 3.14. The van der Waals surface area contributed by atoms with Crippen molar-refractivity contribution in [3.05, 3.63) is 30.3 Å². The molecule has 0 aromatic heterocycles. The average Bonchev–Trinajstić information content (AvgIpc) is 2.70. The van der Waals surface area contributed by atoms with Crippen LogP contribution in [0.2, 0.25) is 0 Å². The average molecular weight is 282 g/mol. The third kappa shape index (κ3) is 3.13. The minimum atomic E-state index is -3.34. The number of rotatable bonds is 4. The lowest BCUT2D eigenvalue weighted by Crippen LogP contribution is -2.40. The number of carbonyl (C=O) groups excluding carboxylic acids is 1. The zero-order valence-electron chi connectivity index (χ0n) is 11.0. The highest BCUT2D eigenvalue weighted by atomic mass is 32.2. The molecule has 1 aliphatic rings. The van der Waals surface area contributed by atoms with Crippen molar-refractivity contribution < 1.29 is 13.2 Å². The van der Waals surface area contributed by atoms with Crippen LogP contribution in [0.25, 0.3) is 0 Å². The molecule has 1 amide bonds. The normalized spacial score (nSPS) is 20.3. The molecule has 1 saturated heterocycles. The van der Waals surface area contributed by atoms with Gasteiger partial charge in [0.05, 0.1) is 5.25 Å². The molecule has 5 nitrogen and oxygen atoms in total. The molecule has 0 saturated carbocycles. The number of para-hydroxylation sites is 1. The Morgan fingerprint density at radius 3 is 2.47 bits per heavy atom. The summed E-state index contributed by atoms with van der Waals surface area (Å²) < 4.78 is 26.2. The summed E-state index contributed by atoms with van der Waals surface area (Å²) in [5.41, 5.74) is 0.804. The van der Waals surface area contributed by atoms with Crippen LogP contribution >= 0.6 is 0 Å². The SMILES string of the molecule is CC(C)S(=O)(=O)NC1CC(=O)N(c2ccccc2)C1. The van der Waals surface area contributed by atoms with Crippen molar-refractivity contribution >= 4 is 21.6 Å². The Morgan fingerprint density at radius 1 is 1.26 bits per heavy atom. The standard InChI is InChI=1S/C13H18N2O3S/c1-10(2)19(17,18)14-11-8-13(16)15(9-11)12-6-4-3-5-7-12/h3-7,10-11,14H,8-9H2,1-2H3. The zero-order chi connectivity index (χ0) is 14.0. The van der Waals surface area contributed by atoms with Gasteiger partial charge in [-0.1, -0.05) is 18.2 Å². The van der Waals surface area contributed by atoms with E-state index in [-0.39, 0.29) is 18.4 Å². The van der Waals surface area contributed by atoms with Crippen LogP contribution in [-0.4, -0.2) is 32.2 Å². The summed E-state index contributed by atoms with van der Waals surface area (Å²) >= 11 is 0. The van der Waals surface area contributed by atoms with Gasteiger partial charge in [-0.05, 0) is 26.0 Å². The largest absolute Gasteiger partial charge is 0.311 e. The maximum atomic E-state index is 11.9. The lowest BCUT2D eigenvalue weighted by Gasteiger charge is -2.18. The van der Waals surface area contributed by atoms with Gasteiger partial charge in [0.2, 0.25) is 15.9 Å². The van der Waals surface area contributed by atoms with Gasteiger partial charge in [-0.2, -0.15) is 0 Å². The number of carbonyl (C=O) groups is 1. The van der Waals surface area contributed by atoms with Crippen LogP contribution in [0, 0.1) is 0 Å². The van der Waals surface area contributed by atoms with Crippen molar-refractivity contribution in [3.63, 3.8) is 0 Å². The van der Waals surface area contributed by atoms with Gasteiger partial charge in [-0.15, -0.1) is 0 Å². The van der Waals surface area contributed by atoms with Gasteiger partial charge in [0.15, 0.2) is 0 Å². The molecular formula is C13H18N2O3S. The number of anilines is 1. The van der Waals surface area contributed by atoms with E-state index in [9.17, 15) is 13.2 Å². The number of nitrogens with one attached hydrogen (secondary N) is 1. The molecule has 104 valence electrons. The highest BCUT2D eigenvalue weighted by molar-refractivity contribution is 7.90. The molecule has 0 bridgehead atoms. The van der Waals surface area contributed by atoms with E-state index >= 15 is 0 Å². The van der Waals surface area contributed by atoms with Crippen LogP contribution in [0.5, 0.6) is 0 Å². The van der Waals surface area contributed by atoms with Gasteiger partial charge < -0.3 is 4.90 Å². The molecule has 1 unspecified atom stereocenters. The second-order valence-corrected chi connectivity index (χ2v) is 7.22. The van der Waals surface area contributed by atoms with E-state index < -0.39 is 15.3 Å². The molecule has 6 heteroatoms. The van der Waals surface area contributed by atoms with Crippen LogP contribution in [0.3, 0.4) is 0 Å². The zero-order valence-corrected chi connectivity index (χ0v) is 11.9. The number of hydrogen-bond donors (Lipinski definition) is 1. The highest BCUT2D eigenvalue weighted by Crippen LogP contribution is 2.21. The number of amides is 1. The molecule has 1 aliphatic heterocycles. The summed E-state index contributed by atoms with van der Waals surface area (Å²) in [7, 11) is -3.34. The Bertz CT molecular complexity index is 555. The molecule has 0 aliphatic carbocycles. The molecular weight excluding hydrogens is 264 g/mol. The first-order chi connectivity index (χ1) is 8.90. The van der Waals surface area contributed by atoms with Crippen LogP contribution in [-0.2, 0) is 14.8 Å². The van der Waals surface area contributed by atoms with E-state index in [1.807, 2.05) is 30.3 Å². The number of hydrogen-bond acceptors (Lipinski definition) is 3. The smallest absolute Gasteiger partial charge is 0.228 e. The van der Waals surface area contributed by atoms with Gasteiger partial charge >= 0.3 is 0 Å². The van der Waals surface area contributed by atoms with Gasteiger partial charge in [-0.25, -0.2) is 13.1 Å². The molecule has 1 aromatic rings. The molecule has 19 heavy (non-hydrogen) atoms. The Labute approximate surface area is 113 Å². The Morgan fingerprint density at radius 2 is 1.89 bits per heavy atom. The summed E-state index contributed by atoms with van der Waals surface area (Å²) in [6, 6.07) is 8.93. The topological polar surface area (TPSA) is 66.5 Å². The van der Waals surface area contributed by atoms with Crippen molar-refractivity contribution in [2.75, 3.05) is 11.4 Å².